The Kier molecular flexibility index (Phi) is 15.4. The van der Waals surface area contributed by atoms with Crippen LogP contribution in [0.5, 0.6) is 0 Å². The summed E-state index contributed by atoms with van der Waals surface area (Å²) in [5.74, 6) is 0. The second-order valence-electron chi connectivity index (χ2n) is 8.46. The van der Waals surface area contributed by atoms with Gasteiger partial charge in [0.15, 0.2) is 0 Å². The summed E-state index contributed by atoms with van der Waals surface area (Å²) < 4.78 is 59.2. The Bertz CT molecular complexity index is 1050. The van der Waals surface area contributed by atoms with E-state index in [0.29, 0.717) is 0 Å². The van der Waals surface area contributed by atoms with Gasteiger partial charge in [-0.1, -0.05) is 135 Å². The second-order valence-corrected chi connectivity index (χ2v) is 15.1. The van der Waals surface area contributed by atoms with Gasteiger partial charge in [-0.25, -0.2) is 0 Å². The van der Waals surface area contributed by atoms with E-state index in [1.807, 2.05) is 33.1 Å². The molecular weight excluding hydrogens is 686 g/mol. The Labute approximate surface area is 256 Å². The summed E-state index contributed by atoms with van der Waals surface area (Å²) in [7, 11) is -11.4. The molecule has 3 radical (unpaired) electrons. The fourth-order valence-corrected chi connectivity index (χ4v) is 9.00. The fourth-order valence-electron chi connectivity index (χ4n) is 3.64. The van der Waals surface area contributed by atoms with E-state index < -0.39 is 7.81 Å². The summed E-state index contributed by atoms with van der Waals surface area (Å²) in [5.41, 5.74) is 0. The third-order valence-electron chi connectivity index (χ3n) is 5.20. The van der Waals surface area contributed by atoms with E-state index in [1.165, 1.54) is 33.5 Å². The smallest absolute Gasteiger partial charge is 0 e. The Hall–Kier alpha value is -1.59. The topological polar surface area (TPSA) is 0 Å². The fraction of sp³-hybridized carbons (Fsp3) is 0.129. The minimum atomic E-state index is -10.7. The molecule has 4 aromatic carbocycles. The van der Waals surface area contributed by atoms with Gasteiger partial charge in [0.1, 0.15) is 0 Å². The summed E-state index contributed by atoms with van der Waals surface area (Å²) in [6, 6.07) is 44.2. The van der Waals surface area contributed by atoms with Crippen LogP contribution < -0.4 is 21.2 Å². The van der Waals surface area contributed by atoms with E-state index in [4.69, 9.17) is 0 Å². The van der Waals surface area contributed by atoms with E-state index in [0.717, 1.165) is 0 Å². The van der Waals surface area contributed by atoms with Crippen molar-refractivity contribution in [2.45, 2.75) is 13.8 Å². The first-order valence-electron chi connectivity index (χ1n) is 12.5. The van der Waals surface area contributed by atoms with Gasteiger partial charge < -0.3 is 0 Å². The number of benzene rings is 4. The molecule has 0 aliphatic heterocycles. The third-order valence-corrected chi connectivity index (χ3v) is 10.6. The SMILES string of the molecule is C[CH][CH][CH]C.F[P-](F)(F)(F)(F)F.[Pd].c1ccc(P(CCP(c2ccccc2)c2ccccc2)c2ccccc2)cc1. The molecule has 0 saturated heterocycles. The van der Waals surface area contributed by atoms with Crippen molar-refractivity contribution in [3.05, 3.63) is 141 Å². The van der Waals surface area contributed by atoms with Crippen LogP contribution in [0.15, 0.2) is 121 Å². The molecule has 0 aliphatic rings. The maximum absolute atomic E-state index is 10.7. The first-order valence-corrected chi connectivity index (χ1v) is 17.6. The predicted molar refractivity (Wildman–Crippen MR) is 166 cm³/mol. The molecule has 0 bridgehead atoms. The molecule has 0 amide bonds. The molecule has 4 aromatic rings. The van der Waals surface area contributed by atoms with E-state index in [2.05, 4.69) is 121 Å². The Morgan fingerprint density at radius 1 is 0.463 bits per heavy atom. The molecule has 0 atom stereocenters. The number of hydrogen-bond acceptors (Lipinski definition) is 0. The van der Waals surface area contributed by atoms with Crippen molar-refractivity contribution in [2.75, 3.05) is 12.3 Å². The normalized spacial score (nSPS) is 12.5. The van der Waals surface area contributed by atoms with Crippen molar-refractivity contribution in [3.63, 3.8) is 0 Å². The molecule has 10 heteroatoms. The molecule has 4 rings (SSSR count). The Balaban J connectivity index is 0.000000548. The minimum absolute atomic E-state index is 0. The molecule has 0 aromatic heterocycles. The molecule has 0 saturated carbocycles. The summed E-state index contributed by atoms with van der Waals surface area (Å²) in [4.78, 5) is 0. The van der Waals surface area contributed by atoms with E-state index in [9.17, 15) is 25.2 Å². The number of halogens is 6. The average molecular weight is 719 g/mol. The van der Waals surface area contributed by atoms with E-state index in [1.54, 1.807) is 0 Å². The zero-order valence-electron chi connectivity index (χ0n) is 22.6. The van der Waals surface area contributed by atoms with Gasteiger partial charge in [0.25, 0.3) is 0 Å². The van der Waals surface area contributed by atoms with Crippen LogP contribution in [0.1, 0.15) is 13.8 Å². The van der Waals surface area contributed by atoms with Crippen LogP contribution in [0.3, 0.4) is 0 Å². The molecule has 225 valence electrons. The van der Waals surface area contributed by atoms with Gasteiger partial charge in [0.2, 0.25) is 0 Å². The van der Waals surface area contributed by atoms with Gasteiger partial charge in [-0.2, -0.15) is 0 Å². The zero-order valence-corrected chi connectivity index (χ0v) is 26.9. The van der Waals surface area contributed by atoms with Gasteiger partial charge in [0.05, 0.1) is 0 Å². The van der Waals surface area contributed by atoms with Crippen LogP contribution in [0.25, 0.3) is 0 Å². The monoisotopic (exact) mass is 718 g/mol. The molecule has 0 N–H and O–H groups in total. The minimum Gasteiger partial charge on any atom is -0.0622 e. The second kappa shape index (κ2) is 16.9. The van der Waals surface area contributed by atoms with Crippen LogP contribution in [-0.2, 0) is 20.4 Å². The summed E-state index contributed by atoms with van der Waals surface area (Å²) in [6.45, 7) is 4.00. The first kappa shape index (κ1) is 37.4. The van der Waals surface area contributed by atoms with E-state index in [-0.39, 0.29) is 36.3 Å². The Morgan fingerprint density at radius 2 is 0.659 bits per heavy atom. The van der Waals surface area contributed by atoms with Crippen LogP contribution in [0.2, 0.25) is 0 Å². The zero-order chi connectivity index (χ0) is 29.6. The van der Waals surface area contributed by atoms with Crippen LogP contribution >= 0.6 is 23.7 Å². The van der Waals surface area contributed by atoms with Crippen LogP contribution in [0, 0.1) is 19.3 Å². The number of hydrogen-bond donors (Lipinski definition) is 0. The van der Waals surface area contributed by atoms with Crippen LogP contribution in [0.4, 0.5) is 25.2 Å². The maximum Gasteiger partial charge on any atom is 0 e. The summed E-state index contributed by atoms with van der Waals surface area (Å²) in [5, 5.41) is 5.89. The van der Waals surface area contributed by atoms with Crippen molar-refractivity contribution in [2.24, 2.45) is 0 Å². The van der Waals surface area contributed by atoms with Gasteiger partial charge in [-0.3, -0.25) is 0 Å². The predicted octanol–water partition coefficient (Wildman–Crippen LogP) is 10.3. The van der Waals surface area contributed by atoms with Crippen molar-refractivity contribution >= 4 is 44.9 Å². The number of rotatable bonds is 9. The number of unbranched alkanes of at least 4 members (excludes halogenated alkanes) is 2. The van der Waals surface area contributed by atoms with Crippen molar-refractivity contribution in [1.29, 1.82) is 0 Å². The molecule has 0 spiro atoms. The molecule has 0 fully saturated rings. The average Bonchev–Trinajstić information content (AvgIpc) is 2.92. The van der Waals surface area contributed by atoms with Crippen molar-refractivity contribution in [3.8, 4) is 0 Å². The molecular formula is C31H33F6P3Pd-. The quantitative estimate of drug-likeness (QED) is 0.0919. The van der Waals surface area contributed by atoms with Crippen LogP contribution in [-0.4, -0.2) is 12.3 Å². The third kappa shape index (κ3) is 17.9. The van der Waals surface area contributed by atoms with Gasteiger partial charge >= 0.3 is 33.0 Å². The standard InChI is InChI=1S/C26H24P2.C5H9.F6P.Pd/c1-5-13-23(14-6-1)27(24-15-7-2-8-16-24)21-22-28(25-17-9-3-10-18-25)26-19-11-4-12-20-26;1-3-5-4-2;1-7(2,3,4,5)6;/h1-20H,21-22H2;3-5H,1-2H3;;/q;;-1;. The van der Waals surface area contributed by atoms with Crippen molar-refractivity contribution in [1.82, 2.24) is 0 Å². The molecule has 0 nitrogen and oxygen atoms in total. The van der Waals surface area contributed by atoms with Gasteiger partial charge in [-0.05, 0) is 68.6 Å². The first-order chi connectivity index (χ1) is 18.8. The molecule has 0 aliphatic carbocycles. The van der Waals surface area contributed by atoms with Crippen molar-refractivity contribution < 1.29 is 45.6 Å². The molecule has 41 heavy (non-hydrogen) atoms. The largest absolute Gasteiger partial charge is 0.0622 e. The summed E-state index contributed by atoms with van der Waals surface area (Å²) in [6.07, 6.45) is 8.41. The summed E-state index contributed by atoms with van der Waals surface area (Å²) >= 11 is 0. The Morgan fingerprint density at radius 3 is 0.805 bits per heavy atom. The van der Waals surface area contributed by atoms with Gasteiger partial charge in [-0.15, -0.1) is 0 Å². The van der Waals surface area contributed by atoms with Gasteiger partial charge in [0, 0.05) is 20.4 Å². The maximum atomic E-state index is 9.87. The molecule has 0 unspecified atom stereocenters. The van der Waals surface area contributed by atoms with E-state index >= 15 is 0 Å². The molecule has 0 heterocycles.